The number of aliphatic hydroxyl groups excluding tert-OH is 1. The van der Waals surface area contributed by atoms with Gasteiger partial charge in [-0.25, -0.2) is 8.42 Å². The van der Waals surface area contributed by atoms with Gasteiger partial charge in [0.25, 0.3) is 5.91 Å². The van der Waals surface area contributed by atoms with Crippen molar-refractivity contribution in [1.82, 2.24) is 5.32 Å². The van der Waals surface area contributed by atoms with E-state index in [0.717, 1.165) is 17.4 Å². The third-order valence-corrected chi connectivity index (χ3v) is 5.53. The Morgan fingerprint density at radius 1 is 1.00 bits per heavy atom. The van der Waals surface area contributed by atoms with Gasteiger partial charge < -0.3 is 10.4 Å². The van der Waals surface area contributed by atoms with E-state index in [2.05, 4.69) is 17.2 Å². The van der Waals surface area contributed by atoms with Crippen LogP contribution in [-0.2, 0) is 14.6 Å². The second kappa shape index (κ2) is 9.83. The Hall–Kier alpha value is -2.95. The van der Waals surface area contributed by atoms with Crippen LogP contribution in [0.3, 0.4) is 0 Å². The monoisotopic (exact) mass is 399 g/mol. The molecule has 0 saturated carbocycles. The normalized spacial score (nSPS) is 11.8. The Balaban J connectivity index is 1.94. The lowest BCUT2D eigenvalue weighted by molar-refractivity contribution is -0.121. The molecule has 0 spiro atoms. The van der Waals surface area contributed by atoms with Crippen LogP contribution < -0.4 is 5.32 Å². The molecule has 0 aliphatic rings. The van der Waals surface area contributed by atoms with Gasteiger partial charge in [-0.05, 0) is 42.8 Å². The summed E-state index contributed by atoms with van der Waals surface area (Å²) in [5.41, 5.74) is 2.04. The van der Waals surface area contributed by atoms with Crippen LogP contribution in [0, 0.1) is 11.8 Å². The van der Waals surface area contributed by atoms with Crippen LogP contribution >= 0.6 is 0 Å². The fourth-order valence-electron chi connectivity index (χ4n) is 2.51. The summed E-state index contributed by atoms with van der Waals surface area (Å²) in [5, 5.41) is 10.1. The van der Waals surface area contributed by atoms with Gasteiger partial charge >= 0.3 is 0 Å². The standard InChI is InChI=1S/C21H21NO5S/c1-28(26,27)20(19(24)15-23)13-14-22-21(25)18-11-9-17(10-12-18)8-7-16-5-3-2-4-6-16/h2-6,9-12,20,23H,13-15H2,1H3,(H,22,25). The van der Waals surface area contributed by atoms with Crippen molar-refractivity contribution in [2.45, 2.75) is 11.7 Å². The molecular weight excluding hydrogens is 378 g/mol. The van der Waals surface area contributed by atoms with E-state index in [9.17, 15) is 18.0 Å². The first-order chi connectivity index (χ1) is 13.3. The van der Waals surface area contributed by atoms with Crippen LogP contribution in [0.4, 0.5) is 0 Å². The summed E-state index contributed by atoms with van der Waals surface area (Å²) in [5.74, 6) is 4.88. The van der Waals surface area contributed by atoms with Gasteiger partial charge in [-0.1, -0.05) is 30.0 Å². The smallest absolute Gasteiger partial charge is 0.251 e. The third kappa shape index (κ3) is 6.34. The predicted octanol–water partition coefficient (Wildman–Crippen LogP) is 1.18. The molecule has 0 aliphatic heterocycles. The zero-order valence-electron chi connectivity index (χ0n) is 15.4. The summed E-state index contributed by atoms with van der Waals surface area (Å²) in [6.07, 6.45) is 0.840. The average molecular weight is 399 g/mol. The van der Waals surface area contributed by atoms with Crippen LogP contribution in [0.15, 0.2) is 54.6 Å². The Morgan fingerprint density at radius 2 is 1.57 bits per heavy atom. The number of hydrogen-bond acceptors (Lipinski definition) is 5. The highest BCUT2D eigenvalue weighted by atomic mass is 32.2. The first-order valence-electron chi connectivity index (χ1n) is 8.59. The van der Waals surface area contributed by atoms with E-state index in [1.165, 1.54) is 0 Å². The minimum atomic E-state index is -3.65. The maximum atomic E-state index is 12.2. The SMILES string of the molecule is CS(=O)(=O)C(CCNC(=O)c1ccc(C#Cc2ccccc2)cc1)C(=O)CO. The molecule has 0 radical (unpaired) electrons. The van der Waals surface area contributed by atoms with E-state index < -0.39 is 27.5 Å². The molecule has 0 aliphatic carbocycles. The molecule has 2 N–H and O–H groups in total. The first kappa shape index (κ1) is 21.4. The molecule has 28 heavy (non-hydrogen) atoms. The van der Waals surface area contributed by atoms with Gasteiger partial charge in [0, 0.05) is 29.5 Å². The summed E-state index contributed by atoms with van der Waals surface area (Å²) in [6.45, 7) is -0.852. The van der Waals surface area contributed by atoms with E-state index >= 15 is 0 Å². The van der Waals surface area contributed by atoms with Crippen molar-refractivity contribution in [3.05, 3.63) is 71.3 Å². The zero-order valence-corrected chi connectivity index (χ0v) is 16.2. The first-order valence-corrected chi connectivity index (χ1v) is 10.5. The molecule has 2 aromatic carbocycles. The summed E-state index contributed by atoms with van der Waals surface area (Å²) in [7, 11) is -3.65. The quantitative estimate of drug-likeness (QED) is 0.681. The lowest BCUT2D eigenvalue weighted by Crippen LogP contribution is -2.36. The van der Waals surface area contributed by atoms with Gasteiger partial charge in [0.1, 0.15) is 11.9 Å². The molecule has 0 saturated heterocycles. The summed E-state index contributed by atoms with van der Waals surface area (Å²) in [6, 6.07) is 16.2. The highest BCUT2D eigenvalue weighted by molar-refractivity contribution is 7.92. The zero-order chi connectivity index (χ0) is 20.6. The van der Waals surface area contributed by atoms with Crippen LogP contribution in [0.1, 0.15) is 27.9 Å². The second-order valence-electron chi connectivity index (χ2n) is 6.18. The third-order valence-electron chi connectivity index (χ3n) is 4.00. The van der Waals surface area contributed by atoms with Crippen LogP contribution in [0.25, 0.3) is 0 Å². The molecule has 2 rings (SSSR count). The van der Waals surface area contributed by atoms with Crippen molar-refractivity contribution >= 4 is 21.5 Å². The van der Waals surface area contributed by atoms with Gasteiger partial charge in [0.15, 0.2) is 15.6 Å². The Kier molecular flexibility index (Phi) is 7.50. The maximum absolute atomic E-state index is 12.2. The van der Waals surface area contributed by atoms with Crippen molar-refractivity contribution in [2.75, 3.05) is 19.4 Å². The summed E-state index contributed by atoms with van der Waals surface area (Å²) in [4.78, 5) is 23.7. The number of rotatable bonds is 7. The maximum Gasteiger partial charge on any atom is 0.251 e. The molecule has 7 heteroatoms. The van der Waals surface area contributed by atoms with Gasteiger partial charge in [0.2, 0.25) is 0 Å². The van der Waals surface area contributed by atoms with Crippen LogP contribution in [0.2, 0.25) is 0 Å². The van der Waals surface area contributed by atoms with Crippen molar-refractivity contribution < 1.29 is 23.1 Å². The van der Waals surface area contributed by atoms with Crippen molar-refractivity contribution in [3.8, 4) is 11.8 Å². The highest BCUT2D eigenvalue weighted by Gasteiger charge is 2.27. The van der Waals surface area contributed by atoms with Crippen molar-refractivity contribution in [1.29, 1.82) is 0 Å². The van der Waals surface area contributed by atoms with Gasteiger partial charge in [-0.15, -0.1) is 0 Å². The number of aliphatic hydroxyl groups is 1. The topological polar surface area (TPSA) is 101 Å². The number of sulfone groups is 1. The number of hydrogen-bond donors (Lipinski definition) is 2. The number of ketones is 1. The number of nitrogens with one attached hydrogen (secondary N) is 1. The minimum absolute atomic E-state index is 0.00211. The molecule has 2 aromatic rings. The van der Waals surface area contributed by atoms with Crippen molar-refractivity contribution in [2.24, 2.45) is 0 Å². The number of benzene rings is 2. The summed E-state index contributed by atoms with van der Waals surface area (Å²) >= 11 is 0. The van der Waals surface area contributed by atoms with Gasteiger partial charge in [-0.3, -0.25) is 9.59 Å². The van der Waals surface area contributed by atoms with E-state index in [4.69, 9.17) is 5.11 Å². The number of amides is 1. The second-order valence-corrected chi connectivity index (χ2v) is 8.41. The Labute approximate surface area is 164 Å². The van der Waals surface area contributed by atoms with E-state index in [0.29, 0.717) is 5.56 Å². The molecule has 146 valence electrons. The Bertz CT molecular complexity index is 987. The number of Topliss-reactive ketones (excluding diaryl/α,β-unsaturated/α-hetero) is 1. The highest BCUT2D eigenvalue weighted by Crippen LogP contribution is 2.07. The fourth-order valence-corrected chi connectivity index (χ4v) is 3.60. The molecule has 1 amide bonds. The van der Waals surface area contributed by atoms with E-state index in [1.54, 1.807) is 24.3 Å². The Morgan fingerprint density at radius 3 is 2.11 bits per heavy atom. The largest absolute Gasteiger partial charge is 0.389 e. The lowest BCUT2D eigenvalue weighted by Gasteiger charge is -2.13. The van der Waals surface area contributed by atoms with Crippen LogP contribution in [-0.4, -0.2) is 49.9 Å². The minimum Gasteiger partial charge on any atom is -0.389 e. The number of carbonyl (C=O) groups excluding carboxylic acids is 2. The molecule has 0 bridgehead atoms. The molecule has 0 aromatic heterocycles. The molecule has 0 heterocycles. The van der Waals surface area contributed by atoms with Gasteiger partial charge in [-0.2, -0.15) is 0 Å². The predicted molar refractivity (Wildman–Crippen MR) is 107 cm³/mol. The lowest BCUT2D eigenvalue weighted by atomic mass is 10.1. The molecule has 6 nitrogen and oxygen atoms in total. The fraction of sp³-hybridized carbons (Fsp3) is 0.238. The molecular formula is C21H21NO5S. The molecule has 0 fully saturated rings. The molecule has 1 unspecified atom stereocenters. The van der Waals surface area contributed by atoms with Crippen LogP contribution in [0.5, 0.6) is 0 Å². The number of carbonyl (C=O) groups is 2. The van der Waals surface area contributed by atoms with E-state index in [1.807, 2.05) is 30.3 Å². The van der Waals surface area contributed by atoms with E-state index in [-0.39, 0.29) is 18.9 Å². The average Bonchev–Trinajstić information content (AvgIpc) is 2.69. The molecule has 1 atom stereocenters. The summed E-state index contributed by atoms with van der Waals surface area (Å²) < 4.78 is 23.2. The van der Waals surface area contributed by atoms with Crippen molar-refractivity contribution in [3.63, 3.8) is 0 Å². The van der Waals surface area contributed by atoms with Gasteiger partial charge in [0.05, 0.1) is 0 Å².